The number of halogens is 2. The lowest BCUT2D eigenvalue weighted by Crippen LogP contribution is -2.39. The van der Waals surface area contributed by atoms with Gasteiger partial charge in [0, 0.05) is 49.5 Å². The zero-order chi connectivity index (χ0) is 26.8. The molecule has 0 saturated carbocycles. The normalized spacial score (nSPS) is 18.1. The number of pyridine rings is 1. The number of aromatic nitrogens is 5. The van der Waals surface area contributed by atoms with E-state index in [0.717, 1.165) is 62.4 Å². The molecule has 0 spiro atoms. The maximum absolute atomic E-state index is 14.2. The molecule has 2 fully saturated rings. The molecule has 0 radical (unpaired) electrons. The standard InChI is InChI=1S/C28H27ClFN7O2/c29-19-2-1-18(23(30)12-19)11-26-32-7-3-28(35-26)39-21-4-8-36(9-5-21)17-27-34-24-13-20(14-31)33-15-25(24)37(27)16-22-6-10-38-22/h1-3,7,12-13,15,21-22H,4-6,8-11,16-17H2. The van der Waals surface area contributed by atoms with Crippen molar-refractivity contribution in [1.29, 1.82) is 5.26 Å². The van der Waals surface area contributed by atoms with Crippen LogP contribution in [0.2, 0.25) is 5.02 Å². The van der Waals surface area contributed by atoms with Gasteiger partial charge in [0.25, 0.3) is 0 Å². The lowest BCUT2D eigenvalue weighted by Gasteiger charge is -2.32. The molecule has 0 amide bonds. The van der Waals surface area contributed by atoms with E-state index in [1.54, 1.807) is 36.7 Å². The maximum Gasteiger partial charge on any atom is 0.216 e. The molecular formula is C28H27ClFN7O2. The Hall–Kier alpha value is -3.65. The summed E-state index contributed by atoms with van der Waals surface area (Å²) in [6, 6.07) is 10.2. The lowest BCUT2D eigenvalue weighted by atomic mass is 10.1. The number of ether oxygens (including phenoxy) is 2. The Morgan fingerprint density at radius 1 is 1.13 bits per heavy atom. The van der Waals surface area contributed by atoms with Crippen LogP contribution >= 0.6 is 11.6 Å². The molecule has 4 aromatic rings. The minimum atomic E-state index is -0.375. The van der Waals surface area contributed by atoms with Gasteiger partial charge in [-0.3, -0.25) is 4.90 Å². The Labute approximate surface area is 230 Å². The molecule has 2 aliphatic rings. The Morgan fingerprint density at radius 2 is 1.97 bits per heavy atom. The number of nitrogens with zero attached hydrogens (tertiary/aromatic N) is 7. The average molecular weight is 548 g/mol. The number of likely N-dealkylation sites (tertiary alicyclic amines) is 1. The van der Waals surface area contributed by atoms with E-state index in [-0.39, 0.29) is 24.4 Å². The fourth-order valence-corrected chi connectivity index (χ4v) is 5.17. The zero-order valence-electron chi connectivity index (χ0n) is 21.3. The van der Waals surface area contributed by atoms with Gasteiger partial charge in [0.2, 0.25) is 5.88 Å². The second kappa shape index (κ2) is 11.2. The Balaban J connectivity index is 1.08. The van der Waals surface area contributed by atoms with E-state index in [2.05, 4.69) is 30.5 Å². The maximum atomic E-state index is 14.2. The molecule has 1 aromatic carbocycles. The van der Waals surface area contributed by atoms with Crippen molar-refractivity contribution in [3.63, 3.8) is 0 Å². The minimum Gasteiger partial charge on any atom is -0.474 e. The second-order valence-corrected chi connectivity index (χ2v) is 10.3. The Kier molecular flexibility index (Phi) is 7.37. The third kappa shape index (κ3) is 5.86. The molecule has 0 bridgehead atoms. The summed E-state index contributed by atoms with van der Waals surface area (Å²) < 4.78 is 28.2. The molecule has 200 valence electrons. The number of hydrogen-bond acceptors (Lipinski definition) is 8. The summed E-state index contributed by atoms with van der Waals surface area (Å²) in [7, 11) is 0. The minimum absolute atomic E-state index is 0.0286. The van der Waals surface area contributed by atoms with Gasteiger partial charge in [0.15, 0.2) is 0 Å². The quantitative estimate of drug-likeness (QED) is 0.321. The molecule has 1 atom stereocenters. The summed E-state index contributed by atoms with van der Waals surface area (Å²) in [4.78, 5) is 20.3. The third-order valence-corrected chi connectivity index (χ3v) is 7.47. The van der Waals surface area contributed by atoms with Crippen molar-refractivity contribution >= 4 is 22.6 Å². The molecule has 2 aliphatic heterocycles. The first kappa shape index (κ1) is 25.6. The molecule has 0 N–H and O–H groups in total. The summed E-state index contributed by atoms with van der Waals surface area (Å²) in [5.74, 6) is 1.57. The number of imidazole rings is 1. The first-order valence-electron chi connectivity index (χ1n) is 13.1. The van der Waals surface area contributed by atoms with Crippen molar-refractivity contribution in [2.24, 2.45) is 0 Å². The predicted molar refractivity (Wildman–Crippen MR) is 142 cm³/mol. The Bertz CT molecular complexity index is 1530. The van der Waals surface area contributed by atoms with Gasteiger partial charge in [-0.15, -0.1) is 0 Å². The summed E-state index contributed by atoms with van der Waals surface area (Å²) in [6.45, 7) is 3.92. The number of rotatable bonds is 8. The largest absolute Gasteiger partial charge is 0.474 e. The molecular weight excluding hydrogens is 521 g/mol. The zero-order valence-corrected chi connectivity index (χ0v) is 22.0. The fourth-order valence-electron chi connectivity index (χ4n) is 5.01. The van der Waals surface area contributed by atoms with Crippen LogP contribution < -0.4 is 4.74 Å². The van der Waals surface area contributed by atoms with Gasteiger partial charge < -0.3 is 14.0 Å². The number of hydrogen-bond donors (Lipinski definition) is 0. The first-order chi connectivity index (χ1) is 19.0. The van der Waals surface area contributed by atoms with Crippen LogP contribution in [0.3, 0.4) is 0 Å². The summed E-state index contributed by atoms with van der Waals surface area (Å²) in [6.07, 6.45) is 6.58. The van der Waals surface area contributed by atoms with Crippen LogP contribution in [-0.2, 0) is 24.2 Å². The molecule has 3 aromatic heterocycles. The van der Waals surface area contributed by atoms with Crippen molar-refractivity contribution in [3.8, 4) is 11.9 Å². The van der Waals surface area contributed by atoms with E-state index in [1.807, 2.05) is 0 Å². The highest BCUT2D eigenvalue weighted by Gasteiger charge is 2.26. The van der Waals surface area contributed by atoms with Gasteiger partial charge in [0.05, 0.1) is 36.4 Å². The molecule has 5 heterocycles. The van der Waals surface area contributed by atoms with Crippen LogP contribution in [0.15, 0.2) is 42.7 Å². The first-order valence-corrected chi connectivity index (χ1v) is 13.4. The number of nitriles is 1. The SMILES string of the molecule is N#Cc1cc2nc(CN3CCC(Oc4ccnc(Cc5ccc(Cl)cc5F)n4)CC3)n(CC3CCO3)c2cn1. The van der Waals surface area contributed by atoms with Crippen LogP contribution in [0, 0.1) is 17.1 Å². The monoisotopic (exact) mass is 547 g/mol. The fraction of sp³-hybridized carbons (Fsp3) is 0.393. The van der Waals surface area contributed by atoms with Crippen LogP contribution in [0.5, 0.6) is 5.88 Å². The molecule has 0 aliphatic carbocycles. The highest BCUT2D eigenvalue weighted by Crippen LogP contribution is 2.24. The van der Waals surface area contributed by atoms with Crippen LogP contribution in [0.1, 0.15) is 42.2 Å². The van der Waals surface area contributed by atoms with E-state index >= 15 is 0 Å². The number of fused-ring (bicyclic) bond motifs is 1. The molecule has 9 nitrogen and oxygen atoms in total. The van der Waals surface area contributed by atoms with Crippen molar-refractivity contribution in [1.82, 2.24) is 29.4 Å². The van der Waals surface area contributed by atoms with Gasteiger partial charge in [-0.05, 0) is 37.0 Å². The summed E-state index contributed by atoms with van der Waals surface area (Å²) in [5.41, 5.74) is 2.56. The highest BCUT2D eigenvalue weighted by molar-refractivity contribution is 6.30. The molecule has 1 unspecified atom stereocenters. The van der Waals surface area contributed by atoms with Crippen LogP contribution in [-0.4, -0.2) is 61.3 Å². The van der Waals surface area contributed by atoms with Gasteiger partial charge in [-0.25, -0.2) is 19.3 Å². The van der Waals surface area contributed by atoms with Gasteiger partial charge >= 0.3 is 0 Å². The molecule has 2 saturated heterocycles. The van der Waals surface area contributed by atoms with Gasteiger partial charge in [-0.1, -0.05) is 17.7 Å². The summed E-state index contributed by atoms with van der Waals surface area (Å²) >= 11 is 5.86. The highest BCUT2D eigenvalue weighted by atomic mass is 35.5. The van der Waals surface area contributed by atoms with Crippen molar-refractivity contribution in [3.05, 3.63) is 76.5 Å². The Morgan fingerprint density at radius 3 is 2.72 bits per heavy atom. The predicted octanol–water partition coefficient (Wildman–Crippen LogP) is 4.31. The van der Waals surface area contributed by atoms with Crippen molar-refractivity contribution in [2.75, 3.05) is 19.7 Å². The average Bonchev–Trinajstić information content (AvgIpc) is 3.25. The van der Waals surface area contributed by atoms with Gasteiger partial charge in [-0.2, -0.15) is 10.2 Å². The van der Waals surface area contributed by atoms with E-state index in [4.69, 9.17) is 26.1 Å². The smallest absolute Gasteiger partial charge is 0.216 e. The van der Waals surface area contributed by atoms with Crippen molar-refractivity contribution in [2.45, 2.75) is 51.0 Å². The summed E-state index contributed by atoms with van der Waals surface area (Å²) in [5, 5.41) is 9.60. The molecule has 6 rings (SSSR count). The van der Waals surface area contributed by atoms with Crippen molar-refractivity contribution < 1.29 is 13.9 Å². The van der Waals surface area contributed by atoms with Crippen LogP contribution in [0.4, 0.5) is 4.39 Å². The molecule has 11 heteroatoms. The third-order valence-electron chi connectivity index (χ3n) is 7.24. The van der Waals surface area contributed by atoms with Gasteiger partial charge in [0.1, 0.15) is 35.3 Å². The number of benzene rings is 1. The number of piperidine rings is 1. The van der Waals surface area contributed by atoms with E-state index < -0.39 is 0 Å². The molecule has 39 heavy (non-hydrogen) atoms. The topological polar surface area (TPSA) is 102 Å². The second-order valence-electron chi connectivity index (χ2n) is 9.91. The van der Waals surface area contributed by atoms with Crippen LogP contribution in [0.25, 0.3) is 11.0 Å². The van der Waals surface area contributed by atoms with E-state index in [9.17, 15) is 9.65 Å². The van der Waals surface area contributed by atoms with E-state index in [0.29, 0.717) is 34.5 Å². The van der Waals surface area contributed by atoms with E-state index in [1.165, 1.54) is 6.07 Å². The lowest BCUT2D eigenvalue weighted by molar-refractivity contribution is -0.0592.